The van der Waals surface area contributed by atoms with Crippen LogP contribution in [-0.2, 0) is 37.0 Å². The first-order valence-corrected chi connectivity index (χ1v) is 17.4. The molecule has 0 aliphatic carbocycles. The molecule has 256 valence electrons. The van der Waals surface area contributed by atoms with Crippen LogP contribution in [0.4, 0.5) is 5.69 Å². The molecule has 49 heavy (non-hydrogen) atoms. The molecule has 4 aromatic carbocycles. The molecule has 1 aliphatic rings. The Hall–Kier alpha value is -4.48. The van der Waals surface area contributed by atoms with Gasteiger partial charge in [0.1, 0.15) is 0 Å². The summed E-state index contributed by atoms with van der Waals surface area (Å²) in [5.74, 6) is -0.475. The standard InChI is InChI=1S/C39H42N2O7S/c1-25-35(24-49-34-18-16-33(17-19-34)41-26(2)43)47-39(48-38(25)29-14-12-27(23-42)13-15-29)32-9-4-8-31(21-32)30-7-3-6-28(20-30)22-40-36(44)10-5-11-37(45)46/h3-4,6-9,12-21,25,35,38-39,42H,5,10-11,22-24H2,1-2H3,(H,40,44)(H,41,43)(H,45,46)/t25-,35+,38+,39+/m1/s1. The zero-order chi connectivity index (χ0) is 34.8. The van der Waals surface area contributed by atoms with Crippen molar-refractivity contribution < 1.29 is 34.1 Å². The number of rotatable bonds is 14. The first kappa shape index (κ1) is 35.8. The van der Waals surface area contributed by atoms with Gasteiger partial charge in [0, 0.05) is 54.1 Å². The van der Waals surface area contributed by atoms with Crippen LogP contribution in [0.2, 0.25) is 0 Å². The van der Waals surface area contributed by atoms with Crippen LogP contribution in [0.15, 0.2) is 102 Å². The Morgan fingerprint density at radius 3 is 2.22 bits per heavy atom. The summed E-state index contributed by atoms with van der Waals surface area (Å²) in [6.45, 7) is 3.94. The fourth-order valence-electron chi connectivity index (χ4n) is 5.74. The summed E-state index contributed by atoms with van der Waals surface area (Å²) < 4.78 is 13.4. The fourth-order valence-corrected chi connectivity index (χ4v) is 6.81. The second-order valence-corrected chi connectivity index (χ2v) is 13.3. The number of aliphatic hydroxyl groups is 1. The molecular formula is C39H42N2O7S. The van der Waals surface area contributed by atoms with Crippen molar-refractivity contribution in [2.45, 2.75) is 69.7 Å². The number of aliphatic carboxylic acids is 1. The number of anilines is 1. The van der Waals surface area contributed by atoms with Crippen molar-refractivity contribution >= 4 is 35.2 Å². The monoisotopic (exact) mass is 682 g/mol. The molecule has 10 heteroatoms. The van der Waals surface area contributed by atoms with Gasteiger partial charge in [0.15, 0.2) is 6.29 Å². The third kappa shape index (κ3) is 10.3. The highest BCUT2D eigenvalue weighted by Gasteiger charge is 2.38. The minimum atomic E-state index is -0.908. The number of carboxylic acid groups (broad SMARTS) is 1. The van der Waals surface area contributed by atoms with Crippen LogP contribution in [0.1, 0.15) is 67.8 Å². The van der Waals surface area contributed by atoms with Gasteiger partial charge >= 0.3 is 5.97 Å². The lowest BCUT2D eigenvalue weighted by Gasteiger charge is -2.41. The Labute approximate surface area is 291 Å². The number of ether oxygens (including phenoxy) is 2. The quantitative estimate of drug-likeness (QED) is 0.102. The van der Waals surface area contributed by atoms with Crippen molar-refractivity contribution in [2.24, 2.45) is 5.92 Å². The average molecular weight is 683 g/mol. The van der Waals surface area contributed by atoms with Gasteiger partial charge in [-0.25, -0.2) is 0 Å². The lowest BCUT2D eigenvalue weighted by Crippen LogP contribution is -2.38. The minimum Gasteiger partial charge on any atom is -0.481 e. The number of carbonyl (C=O) groups excluding carboxylic acids is 2. The van der Waals surface area contributed by atoms with Gasteiger partial charge in [0.25, 0.3) is 0 Å². The normalized spacial score (nSPS) is 18.8. The van der Waals surface area contributed by atoms with Crippen molar-refractivity contribution in [3.05, 3.63) is 119 Å². The van der Waals surface area contributed by atoms with Gasteiger partial charge in [-0.05, 0) is 70.6 Å². The Bertz CT molecular complexity index is 1730. The number of carboxylic acids is 1. The third-order valence-electron chi connectivity index (χ3n) is 8.42. The lowest BCUT2D eigenvalue weighted by atomic mass is 9.91. The van der Waals surface area contributed by atoms with E-state index in [0.717, 1.165) is 44.0 Å². The van der Waals surface area contributed by atoms with Gasteiger partial charge in [-0.1, -0.05) is 67.6 Å². The van der Waals surface area contributed by atoms with E-state index in [1.807, 2.05) is 91.0 Å². The molecule has 1 fully saturated rings. The predicted octanol–water partition coefficient (Wildman–Crippen LogP) is 7.26. The number of thioether (sulfide) groups is 1. The van der Waals surface area contributed by atoms with Crippen molar-refractivity contribution in [1.82, 2.24) is 5.32 Å². The number of hydrogen-bond donors (Lipinski definition) is 4. The highest BCUT2D eigenvalue weighted by atomic mass is 32.2. The number of benzene rings is 4. The van der Waals surface area contributed by atoms with E-state index < -0.39 is 12.3 Å². The van der Waals surface area contributed by atoms with E-state index in [1.165, 1.54) is 6.92 Å². The van der Waals surface area contributed by atoms with E-state index in [-0.39, 0.29) is 49.4 Å². The van der Waals surface area contributed by atoms with Crippen molar-refractivity contribution in [2.75, 3.05) is 11.1 Å². The van der Waals surface area contributed by atoms with Gasteiger partial charge < -0.3 is 30.3 Å². The van der Waals surface area contributed by atoms with Crippen LogP contribution >= 0.6 is 11.8 Å². The van der Waals surface area contributed by atoms with Crippen LogP contribution < -0.4 is 10.6 Å². The molecule has 5 rings (SSSR count). The SMILES string of the molecule is CC(=O)Nc1ccc(SC[C@@H]2O[C@H](c3cccc(-c4cccc(CNC(=O)CCCC(=O)O)c4)c3)O[C@H](c3ccc(CO)cc3)[C@@H]2C)cc1. The van der Waals surface area contributed by atoms with Crippen LogP contribution in [0.3, 0.4) is 0 Å². The Morgan fingerprint density at radius 2 is 1.53 bits per heavy atom. The summed E-state index contributed by atoms with van der Waals surface area (Å²) in [6.07, 6.45) is -0.570. The minimum absolute atomic E-state index is 0.0275. The van der Waals surface area contributed by atoms with Gasteiger partial charge in [0.05, 0.1) is 18.8 Å². The molecule has 1 aliphatic heterocycles. The summed E-state index contributed by atoms with van der Waals surface area (Å²) in [4.78, 5) is 35.4. The molecule has 0 spiro atoms. The van der Waals surface area contributed by atoms with Gasteiger partial charge in [-0.2, -0.15) is 0 Å². The smallest absolute Gasteiger partial charge is 0.303 e. The maximum atomic E-state index is 12.2. The number of amides is 2. The summed E-state index contributed by atoms with van der Waals surface area (Å²) in [5.41, 5.74) is 6.38. The molecule has 9 nitrogen and oxygen atoms in total. The first-order valence-electron chi connectivity index (χ1n) is 16.4. The number of carbonyl (C=O) groups is 3. The Balaban J connectivity index is 1.32. The molecule has 0 aromatic heterocycles. The maximum Gasteiger partial charge on any atom is 0.303 e. The van der Waals surface area contributed by atoms with E-state index in [9.17, 15) is 19.5 Å². The third-order valence-corrected chi connectivity index (χ3v) is 9.52. The summed E-state index contributed by atoms with van der Waals surface area (Å²) in [5, 5.41) is 24.1. The number of nitrogens with one attached hydrogen (secondary N) is 2. The second kappa shape index (κ2) is 17.3. The van der Waals surface area contributed by atoms with Crippen LogP contribution in [-0.4, -0.2) is 39.9 Å². The fraction of sp³-hybridized carbons (Fsp3) is 0.308. The number of aliphatic hydroxyl groups excluding tert-OH is 1. The van der Waals surface area contributed by atoms with E-state index in [2.05, 4.69) is 23.6 Å². The molecule has 2 amide bonds. The highest BCUT2D eigenvalue weighted by Crippen LogP contribution is 2.43. The van der Waals surface area contributed by atoms with Gasteiger partial charge in [-0.3, -0.25) is 14.4 Å². The van der Waals surface area contributed by atoms with Crippen LogP contribution in [0, 0.1) is 5.92 Å². The summed E-state index contributed by atoms with van der Waals surface area (Å²) in [6, 6.07) is 31.6. The van der Waals surface area contributed by atoms with Gasteiger partial charge in [0.2, 0.25) is 11.8 Å². The molecule has 0 bridgehead atoms. The predicted molar refractivity (Wildman–Crippen MR) is 190 cm³/mol. The van der Waals surface area contributed by atoms with Crippen molar-refractivity contribution in [3.63, 3.8) is 0 Å². The van der Waals surface area contributed by atoms with E-state index in [4.69, 9.17) is 14.6 Å². The van der Waals surface area contributed by atoms with Crippen LogP contribution in [0.25, 0.3) is 11.1 Å². The molecule has 1 saturated heterocycles. The molecule has 1 heterocycles. The van der Waals surface area contributed by atoms with E-state index in [1.54, 1.807) is 11.8 Å². The Kier molecular flexibility index (Phi) is 12.6. The Morgan fingerprint density at radius 1 is 0.816 bits per heavy atom. The molecule has 0 saturated carbocycles. The molecule has 0 radical (unpaired) electrons. The van der Waals surface area contributed by atoms with Crippen molar-refractivity contribution in [3.8, 4) is 11.1 Å². The highest BCUT2D eigenvalue weighted by molar-refractivity contribution is 7.99. The first-order chi connectivity index (χ1) is 23.7. The van der Waals surface area contributed by atoms with E-state index in [0.29, 0.717) is 18.7 Å². The maximum absolute atomic E-state index is 12.2. The molecule has 4 N–H and O–H groups in total. The molecule has 4 atom stereocenters. The largest absolute Gasteiger partial charge is 0.481 e. The second-order valence-electron chi connectivity index (χ2n) is 12.2. The van der Waals surface area contributed by atoms with E-state index >= 15 is 0 Å². The zero-order valence-corrected chi connectivity index (χ0v) is 28.5. The summed E-state index contributed by atoms with van der Waals surface area (Å²) >= 11 is 1.69. The van der Waals surface area contributed by atoms with Crippen molar-refractivity contribution in [1.29, 1.82) is 0 Å². The topological polar surface area (TPSA) is 134 Å². The molecule has 4 aromatic rings. The number of hydrogen-bond acceptors (Lipinski definition) is 7. The molecule has 0 unspecified atom stereocenters. The lowest BCUT2D eigenvalue weighted by molar-refractivity contribution is -0.268. The van der Waals surface area contributed by atoms with Crippen LogP contribution in [0.5, 0.6) is 0 Å². The summed E-state index contributed by atoms with van der Waals surface area (Å²) in [7, 11) is 0. The van der Waals surface area contributed by atoms with Gasteiger partial charge in [-0.15, -0.1) is 11.8 Å². The zero-order valence-electron chi connectivity index (χ0n) is 27.6. The molecular weight excluding hydrogens is 641 g/mol. The average Bonchev–Trinajstić information content (AvgIpc) is 3.11.